The van der Waals surface area contributed by atoms with E-state index in [1.165, 1.54) is 0 Å². The first-order valence-electron chi connectivity index (χ1n) is 10.4. The van der Waals surface area contributed by atoms with E-state index in [0.29, 0.717) is 61.2 Å². The van der Waals surface area contributed by atoms with Crippen molar-refractivity contribution in [3.63, 3.8) is 0 Å². The van der Waals surface area contributed by atoms with Crippen LogP contribution in [0.15, 0.2) is 34.7 Å². The zero-order valence-corrected chi connectivity index (χ0v) is 18.3. The molecule has 8 nitrogen and oxygen atoms in total. The van der Waals surface area contributed by atoms with Gasteiger partial charge in [-0.15, -0.1) is 0 Å². The van der Waals surface area contributed by atoms with Crippen molar-refractivity contribution in [1.29, 1.82) is 0 Å². The molecule has 2 heterocycles. The molecular weight excluding hydrogens is 400 g/mol. The number of likely N-dealkylation sites (tertiary alicyclic amines) is 1. The molecule has 1 unspecified atom stereocenters. The summed E-state index contributed by atoms with van der Waals surface area (Å²) >= 11 is 0. The third-order valence-corrected chi connectivity index (χ3v) is 5.38. The molecule has 2 amide bonds. The van der Waals surface area contributed by atoms with Gasteiger partial charge in [0.15, 0.2) is 5.76 Å². The third-order valence-electron chi connectivity index (χ3n) is 5.38. The van der Waals surface area contributed by atoms with Crippen molar-refractivity contribution in [1.82, 2.24) is 4.90 Å². The van der Waals surface area contributed by atoms with Crippen molar-refractivity contribution in [3.05, 3.63) is 41.9 Å². The highest BCUT2D eigenvalue weighted by Gasteiger charge is 2.26. The largest absolute Gasteiger partial charge is 0.497 e. The lowest BCUT2D eigenvalue weighted by Gasteiger charge is -2.32. The number of methoxy groups -OCH3 is 3. The lowest BCUT2D eigenvalue weighted by Crippen LogP contribution is -2.40. The summed E-state index contributed by atoms with van der Waals surface area (Å²) in [5.41, 5.74) is 0.631. The first-order chi connectivity index (χ1) is 15.0. The molecule has 0 saturated carbocycles. The van der Waals surface area contributed by atoms with Crippen LogP contribution in [0.2, 0.25) is 0 Å². The van der Waals surface area contributed by atoms with Gasteiger partial charge in [0, 0.05) is 50.5 Å². The fourth-order valence-corrected chi connectivity index (χ4v) is 3.79. The maximum Gasteiger partial charge on any atom is 0.289 e. The number of carbonyl (C=O) groups excluding carboxylic acids is 2. The number of amides is 2. The molecule has 0 radical (unpaired) electrons. The van der Waals surface area contributed by atoms with Gasteiger partial charge in [0.1, 0.15) is 23.9 Å². The first kappa shape index (κ1) is 22.7. The molecule has 1 aromatic heterocycles. The van der Waals surface area contributed by atoms with Crippen LogP contribution in [-0.2, 0) is 16.1 Å². The average Bonchev–Trinajstić information content (AvgIpc) is 3.26. The van der Waals surface area contributed by atoms with E-state index >= 15 is 0 Å². The Kier molecular flexibility index (Phi) is 7.94. The van der Waals surface area contributed by atoms with Crippen LogP contribution in [0.4, 0.5) is 5.69 Å². The molecule has 1 atom stereocenters. The highest BCUT2D eigenvalue weighted by Crippen LogP contribution is 2.27. The van der Waals surface area contributed by atoms with Crippen LogP contribution in [0.25, 0.3) is 0 Å². The Morgan fingerprint density at radius 3 is 2.55 bits per heavy atom. The maximum atomic E-state index is 12.8. The van der Waals surface area contributed by atoms with Gasteiger partial charge in [-0.3, -0.25) is 9.59 Å². The SMILES string of the molecule is COCc1ccc(C(=O)N2CCCC(CCC(=O)Nc3cc(OC)cc(OC)c3)C2)o1. The van der Waals surface area contributed by atoms with Crippen molar-refractivity contribution in [2.24, 2.45) is 5.92 Å². The molecule has 1 N–H and O–H groups in total. The van der Waals surface area contributed by atoms with Gasteiger partial charge in [-0.1, -0.05) is 0 Å². The standard InChI is InChI=1S/C23H30N2O6/c1-28-15-18-7-8-21(31-18)23(27)25-10-4-5-16(14-25)6-9-22(26)24-17-11-19(29-2)13-20(12-17)30-3/h7-8,11-13,16H,4-6,9-10,14-15H2,1-3H3,(H,24,26). The minimum absolute atomic E-state index is 0.0750. The lowest BCUT2D eigenvalue weighted by atomic mass is 9.93. The highest BCUT2D eigenvalue weighted by molar-refractivity contribution is 5.92. The molecular formula is C23H30N2O6. The summed E-state index contributed by atoms with van der Waals surface area (Å²) in [6, 6.07) is 8.71. The summed E-state index contributed by atoms with van der Waals surface area (Å²) in [4.78, 5) is 27.0. The number of benzene rings is 1. The van der Waals surface area contributed by atoms with Crippen LogP contribution in [0.3, 0.4) is 0 Å². The number of rotatable bonds is 9. The van der Waals surface area contributed by atoms with Gasteiger partial charge in [-0.25, -0.2) is 0 Å². The average molecular weight is 431 g/mol. The van der Waals surface area contributed by atoms with Gasteiger partial charge in [0.25, 0.3) is 5.91 Å². The molecule has 3 rings (SSSR count). The molecule has 1 aromatic carbocycles. The number of piperidine rings is 1. The zero-order chi connectivity index (χ0) is 22.2. The topological polar surface area (TPSA) is 90.2 Å². The van der Waals surface area contributed by atoms with Crippen LogP contribution < -0.4 is 14.8 Å². The summed E-state index contributed by atoms with van der Waals surface area (Å²) < 4.78 is 21.1. The Balaban J connectivity index is 1.51. The molecule has 0 bridgehead atoms. The van der Waals surface area contributed by atoms with Crippen LogP contribution >= 0.6 is 0 Å². The molecule has 0 aliphatic carbocycles. The molecule has 1 aliphatic rings. The minimum atomic E-state index is -0.111. The summed E-state index contributed by atoms with van der Waals surface area (Å²) in [5.74, 6) is 2.28. The van der Waals surface area contributed by atoms with E-state index < -0.39 is 0 Å². The second-order valence-electron chi connectivity index (χ2n) is 7.65. The van der Waals surface area contributed by atoms with E-state index in [2.05, 4.69) is 5.32 Å². The minimum Gasteiger partial charge on any atom is -0.497 e. The molecule has 1 saturated heterocycles. The van der Waals surface area contributed by atoms with E-state index in [1.54, 1.807) is 51.7 Å². The predicted molar refractivity (Wildman–Crippen MR) is 115 cm³/mol. The number of nitrogens with zero attached hydrogens (tertiary/aromatic N) is 1. The molecule has 2 aromatic rings. The summed E-state index contributed by atoms with van der Waals surface area (Å²) in [5, 5.41) is 2.90. The summed E-state index contributed by atoms with van der Waals surface area (Å²) in [6.45, 7) is 1.66. The smallest absolute Gasteiger partial charge is 0.289 e. The Morgan fingerprint density at radius 1 is 1.13 bits per heavy atom. The Bertz CT molecular complexity index is 872. The number of hydrogen-bond donors (Lipinski definition) is 1. The Hall–Kier alpha value is -3.00. The van der Waals surface area contributed by atoms with E-state index in [1.807, 2.05) is 4.90 Å². The molecule has 168 valence electrons. The third kappa shape index (κ3) is 6.24. The number of ether oxygens (including phenoxy) is 3. The number of carbonyl (C=O) groups is 2. The van der Waals surface area contributed by atoms with Gasteiger partial charge in [-0.2, -0.15) is 0 Å². The molecule has 8 heteroatoms. The second-order valence-corrected chi connectivity index (χ2v) is 7.65. The number of furan rings is 1. The molecule has 31 heavy (non-hydrogen) atoms. The Labute approximate surface area is 182 Å². The monoisotopic (exact) mass is 430 g/mol. The highest BCUT2D eigenvalue weighted by atomic mass is 16.5. The van der Waals surface area contributed by atoms with Crippen molar-refractivity contribution in [3.8, 4) is 11.5 Å². The molecule has 1 aliphatic heterocycles. The van der Waals surface area contributed by atoms with Crippen LogP contribution in [-0.4, -0.2) is 51.1 Å². The molecule has 1 fully saturated rings. The molecule has 0 spiro atoms. The van der Waals surface area contributed by atoms with Gasteiger partial charge >= 0.3 is 0 Å². The van der Waals surface area contributed by atoms with Crippen LogP contribution in [0, 0.1) is 5.92 Å². The predicted octanol–water partition coefficient (Wildman–Crippen LogP) is 3.71. The summed E-state index contributed by atoms with van der Waals surface area (Å²) in [7, 11) is 4.72. The van der Waals surface area contributed by atoms with Gasteiger partial charge in [0.2, 0.25) is 5.91 Å². The second kappa shape index (κ2) is 10.9. The van der Waals surface area contributed by atoms with Gasteiger partial charge in [-0.05, 0) is 37.3 Å². The quantitative estimate of drug-likeness (QED) is 0.652. The van der Waals surface area contributed by atoms with Crippen molar-refractivity contribution in [2.45, 2.75) is 32.3 Å². The zero-order valence-electron chi connectivity index (χ0n) is 18.3. The van der Waals surface area contributed by atoms with E-state index in [-0.39, 0.29) is 17.7 Å². The normalized spacial score (nSPS) is 16.1. The number of nitrogens with one attached hydrogen (secondary N) is 1. The maximum absolute atomic E-state index is 12.8. The van der Waals surface area contributed by atoms with E-state index in [4.69, 9.17) is 18.6 Å². The van der Waals surface area contributed by atoms with Gasteiger partial charge in [0.05, 0.1) is 14.2 Å². The number of hydrogen-bond acceptors (Lipinski definition) is 6. The fraction of sp³-hybridized carbons (Fsp3) is 0.478. The van der Waals surface area contributed by atoms with Gasteiger partial charge < -0.3 is 28.8 Å². The van der Waals surface area contributed by atoms with E-state index in [9.17, 15) is 9.59 Å². The lowest BCUT2D eigenvalue weighted by molar-refractivity contribution is -0.116. The summed E-state index contributed by atoms with van der Waals surface area (Å²) in [6.07, 6.45) is 3.00. The Morgan fingerprint density at radius 2 is 1.87 bits per heavy atom. The van der Waals surface area contributed by atoms with Crippen molar-refractivity contribution in [2.75, 3.05) is 39.7 Å². The van der Waals surface area contributed by atoms with Crippen molar-refractivity contribution >= 4 is 17.5 Å². The number of anilines is 1. The first-order valence-corrected chi connectivity index (χ1v) is 10.4. The fourth-order valence-electron chi connectivity index (χ4n) is 3.79. The van der Waals surface area contributed by atoms with Crippen molar-refractivity contribution < 1.29 is 28.2 Å². The van der Waals surface area contributed by atoms with Crippen LogP contribution in [0.5, 0.6) is 11.5 Å². The van der Waals surface area contributed by atoms with E-state index in [0.717, 1.165) is 12.8 Å². The van der Waals surface area contributed by atoms with Crippen LogP contribution in [0.1, 0.15) is 42.0 Å².